The average molecular weight is 361 g/mol. The van der Waals surface area contributed by atoms with Crippen LogP contribution in [-0.2, 0) is 10.0 Å². The molecular weight excluding hydrogens is 338 g/mol. The lowest BCUT2D eigenvalue weighted by Gasteiger charge is -2.33. The van der Waals surface area contributed by atoms with Gasteiger partial charge >= 0.3 is 0 Å². The lowest BCUT2D eigenvalue weighted by Crippen LogP contribution is -2.38. The zero-order valence-corrected chi connectivity index (χ0v) is 15.1. The predicted molar refractivity (Wildman–Crippen MR) is 97.4 cm³/mol. The second kappa shape index (κ2) is 7.84. The van der Waals surface area contributed by atoms with E-state index in [-0.39, 0.29) is 4.90 Å². The number of nitrogens with zero attached hydrogens (tertiary/aromatic N) is 2. The number of nitrogens with one attached hydrogen (secondary N) is 1. The summed E-state index contributed by atoms with van der Waals surface area (Å²) in [5.41, 5.74) is 0. The number of rotatable bonds is 6. The number of benzene rings is 1. The summed E-state index contributed by atoms with van der Waals surface area (Å²) in [6, 6.07) is 13.2. The molecule has 0 spiro atoms. The molecule has 0 bridgehead atoms. The second-order valence-corrected chi connectivity index (χ2v) is 8.02. The highest BCUT2D eigenvalue weighted by Crippen LogP contribution is 2.23. The van der Waals surface area contributed by atoms with Gasteiger partial charge in [0.05, 0.1) is 6.61 Å². The third-order valence-corrected chi connectivity index (χ3v) is 5.77. The minimum atomic E-state index is -3.45. The van der Waals surface area contributed by atoms with Crippen LogP contribution in [-0.4, -0.2) is 40.1 Å². The van der Waals surface area contributed by atoms with Crippen molar-refractivity contribution in [1.82, 2.24) is 9.71 Å². The first-order chi connectivity index (χ1) is 12.1. The first kappa shape index (κ1) is 17.7. The Morgan fingerprint density at radius 1 is 1.24 bits per heavy atom. The van der Waals surface area contributed by atoms with E-state index in [1.165, 1.54) is 13.2 Å². The lowest BCUT2D eigenvalue weighted by molar-refractivity contribution is 0.228. The van der Waals surface area contributed by atoms with Gasteiger partial charge in [0.2, 0.25) is 10.0 Å². The number of pyridine rings is 1. The van der Waals surface area contributed by atoms with Gasteiger partial charge < -0.3 is 9.64 Å². The summed E-state index contributed by atoms with van der Waals surface area (Å²) < 4.78 is 31.7. The molecule has 3 rings (SSSR count). The van der Waals surface area contributed by atoms with Crippen molar-refractivity contribution in [3.63, 3.8) is 0 Å². The van der Waals surface area contributed by atoms with Crippen molar-refractivity contribution in [2.24, 2.45) is 5.92 Å². The van der Waals surface area contributed by atoms with Crippen molar-refractivity contribution in [3.05, 3.63) is 48.7 Å². The standard InChI is InChI=1S/C18H23N3O3S/c1-19-25(22,23)17-9-10-18(20-12-17)21-11-5-6-15(13-21)14-24-16-7-3-2-4-8-16/h2-4,7-10,12,15,19H,5-6,11,13-14H2,1H3. The molecular formula is C18H23N3O3S. The second-order valence-electron chi connectivity index (χ2n) is 6.14. The first-order valence-corrected chi connectivity index (χ1v) is 9.89. The number of hydrogen-bond donors (Lipinski definition) is 1. The Labute approximate surface area is 148 Å². The largest absolute Gasteiger partial charge is 0.493 e. The maximum atomic E-state index is 11.8. The van der Waals surface area contributed by atoms with E-state index in [1.807, 2.05) is 30.3 Å². The molecule has 1 N–H and O–H groups in total. The molecule has 1 fully saturated rings. The topological polar surface area (TPSA) is 71.5 Å². The first-order valence-electron chi connectivity index (χ1n) is 8.41. The molecule has 25 heavy (non-hydrogen) atoms. The third kappa shape index (κ3) is 4.49. The highest BCUT2D eigenvalue weighted by Gasteiger charge is 2.22. The highest BCUT2D eigenvalue weighted by atomic mass is 32.2. The van der Waals surface area contributed by atoms with Crippen molar-refractivity contribution >= 4 is 15.8 Å². The zero-order valence-electron chi connectivity index (χ0n) is 14.3. The summed E-state index contributed by atoms with van der Waals surface area (Å²) in [7, 11) is -2.05. The van der Waals surface area contributed by atoms with Gasteiger partial charge in [0.1, 0.15) is 16.5 Å². The minimum absolute atomic E-state index is 0.180. The van der Waals surface area contributed by atoms with E-state index < -0.39 is 10.0 Å². The number of ether oxygens (including phenoxy) is 1. The molecule has 2 aromatic rings. The van der Waals surface area contributed by atoms with Gasteiger partial charge in [0, 0.05) is 25.2 Å². The summed E-state index contributed by atoms with van der Waals surface area (Å²) in [5, 5.41) is 0. The number of para-hydroxylation sites is 1. The lowest BCUT2D eigenvalue weighted by atomic mass is 9.99. The van der Waals surface area contributed by atoms with Crippen LogP contribution < -0.4 is 14.4 Å². The smallest absolute Gasteiger partial charge is 0.241 e. The molecule has 1 aromatic heterocycles. The molecule has 7 heteroatoms. The number of anilines is 1. The van der Waals surface area contributed by atoms with E-state index in [1.54, 1.807) is 12.1 Å². The van der Waals surface area contributed by atoms with E-state index in [4.69, 9.17) is 4.74 Å². The van der Waals surface area contributed by atoms with Crippen LogP contribution in [0.15, 0.2) is 53.6 Å². The molecule has 0 radical (unpaired) electrons. The van der Waals surface area contributed by atoms with Crippen molar-refractivity contribution in [1.29, 1.82) is 0 Å². The summed E-state index contributed by atoms with van der Waals surface area (Å²) in [6.07, 6.45) is 3.60. The highest BCUT2D eigenvalue weighted by molar-refractivity contribution is 7.89. The molecule has 0 amide bonds. The van der Waals surface area contributed by atoms with Gasteiger partial charge in [-0.1, -0.05) is 18.2 Å². The monoisotopic (exact) mass is 361 g/mol. The maximum Gasteiger partial charge on any atom is 0.241 e. The van der Waals surface area contributed by atoms with Crippen LogP contribution in [0.3, 0.4) is 0 Å². The number of hydrogen-bond acceptors (Lipinski definition) is 5. The number of aromatic nitrogens is 1. The SMILES string of the molecule is CNS(=O)(=O)c1ccc(N2CCCC(COc3ccccc3)C2)nc1. The van der Waals surface area contributed by atoms with Crippen LogP contribution in [0.2, 0.25) is 0 Å². The van der Waals surface area contributed by atoms with E-state index in [9.17, 15) is 8.42 Å². The van der Waals surface area contributed by atoms with Crippen molar-refractivity contribution in [2.45, 2.75) is 17.7 Å². The van der Waals surface area contributed by atoms with Gasteiger partial charge in [-0.25, -0.2) is 18.1 Å². The fourth-order valence-electron chi connectivity index (χ4n) is 2.98. The maximum absolute atomic E-state index is 11.8. The molecule has 1 atom stereocenters. The summed E-state index contributed by atoms with van der Waals surface area (Å²) in [5.74, 6) is 2.12. The number of sulfonamides is 1. The molecule has 2 heterocycles. The molecule has 134 valence electrons. The molecule has 1 unspecified atom stereocenters. The van der Waals surface area contributed by atoms with E-state index in [0.717, 1.165) is 37.5 Å². The van der Waals surface area contributed by atoms with Crippen LogP contribution in [0.5, 0.6) is 5.75 Å². The van der Waals surface area contributed by atoms with E-state index >= 15 is 0 Å². The summed E-state index contributed by atoms with van der Waals surface area (Å²) >= 11 is 0. The van der Waals surface area contributed by atoms with Gasteiger partial charge in [-0.2, -0.15) is 0 Å². The minimum Gasteiger partial charge on any atom is -0.493 e. The molecule has 1 saturated heterocycles. The zero-order chi connectivity index (χ0) is 17.7. The Morgan fingerprint density at radius 2 is 2.04 bits per heavy atom. The van der Waals surface area contributed by atoms with Crippen molar-refractivity contribution < 1.29 is 13.2 Å². The molecule has 1 aliphatic heterocycles. The summed E-state index contributed by atoms with van der Waals surface area (Å²) in [4.78, 5) is 6.71. The Bertz CT molecular complexity index is 779. The molecule has 1 aromatic carbocycles. The van der Waals surface area contributed by atoms with Gasteiger partial charge in [-0.05, 0) is 44.2 Å². The van der Waals surface area contributed by atoms with Crippen LogP contribution >= 0.6 is 0 Å². The quantitative estimate of drug-likeness (QED) is 0.855. The molecule has 6 nitrogen and oxygen atoms in total. The molecule has 1 aliphatic rings. The Kier molecular flexibility index (Phi) is 5.55. The van der Waals surface area contributed by atoms with Gasteiger partial charge in [0.15, 0.2) is 0 Å². The molecule has 0 saturated carbocycles. The Morgan fingerprint density at radius 3 is 2.72 bits per heavy atom. The summed E-state index contributed by atoms with van der Waals surface area (Å²) in [6.45, 7) is 2.46. The van der Waals surface area contributed by atoms with Crippen molar-refractivity contribution in [3.8, 4) is 5.75 Å². The Hall–Kier alpha value is -2.12. The fourth-order valence-corrected chi connectivity index (χ4v) is 3.65. The van der Waals surface area contributed by atoms with Crippen LogP contribution in [0.4, 0.5) is 5.82 Å². The number of piperidine rings is 1. The van der Waals surface area contributed by atoms with Gasteiger partial charge in [0.25, 0.3) is 0 Å². The van der Waals surface area contributed by atoms with E-state index in [2.05, 4.69) is 14.6 Å². The Balaban J connectivity index is 1.61. The van der Waals surface area contributed by atoms with E-state index in [0.29, 0.717) is 12.5 Å². The normalized spacial score (nSPS) is 18.1. The van der Waals surface area contributed by atoms with Gasteiger partial charge in [-0.3, -0.25) is 0 Å². The van der Waals surface area contributed by atoms with Crippen molar-refractivity contribution in [2.75, 3.05) is 31.6 Å². The predicted octanol–water partition coefficient (Wildman–Crippen LogP) is 2.29. The molecule has 0 aliphatic carbocycles. The third-order valence-electron chi connectivity index (χ3n) is 4.37. The van der Waals surface area contributed by atoms with Gasteiger partial charge in [-0.15, -0.1) is 0 Å². The fraction of sp³-hybridized carbons (Fsp3) is 0.389. The average Bonchev–Trinajstić information content (AvgIpc) is 2.67. The van der Waals surface area contributed by atoms with Crippen LogP contribution in [0.1, 0.15) is 12.8 Å². The van der Waals surface area contributed by atoms with Crippen LogP contribution in [0.25, 0.3) is 0 Å². The van der Waals surface area contributed by atoms with Crippen LogP contribution in [0, 0.1) is 5.92 Å².